The van der Waals surface area contributed by atoms with E-state index in [0.717, 1.165) is 10.5 Å². The van der Waals surface area contributed by atoms with Crippen molar-refractivity contribution in [3.63, 3.8) is 0 Å². The van der Waals surface area contributed by atoms with Gasteiger partial charge >= 0.3 is 0 Å². The molecule has 2 aromatic rings. The number of nitrogens with two attached hydrogens (primary N) is 1. The average Bonchev–Trinajstić information content (AvgIpc) is 2.52. The van der Waals surface area contributed by atoms with Gasteiger partial charge in [-0.25, -0.2) is 0 Å². The van der Waals surface area contributed by atoms with Crippen molar-refractivity contribution in [3.05, 3.63) is 65.7 Å². The van der Waals surface area contributed by atoms with E-state index in [9.17, 15) is 9.59 Å². The molecular formula is C17H18N2O2S. The monoisotopic (exact) mass is 314 g/mol. The molecule has 0 aliphatic heterocycles. The molecule has 2 rings (SSSR count). The third-order valence-electron chi connectivity index (χ3n) is 3.18. The molecule has 0 saturated heterocycles. The van der Waals surface area contributed by atoms with Crippen LogP contribution in [0.3, 0.4) is 0 Å². The smallest absolute Gasteiger partial charge is 0.244 e. The first kappa shape index (κ1) is 16.1. The highest BCUT2D eigenvalue weighted by molar-refractivity contribution is 8.00. The van der Waals surface area contributed by atoms with Gasteiger partial charge in [-0.05, 0) is 24.1 Å². The molecule has 0 saturated carbocycles. The largest absolute Gasteiger partial charge is 0.368 e. The molecule has 1 atom stereocenters. The van der Waals surface area contributed by atoms with Crippen LogP contribution in [0.5, 0.6) is 0 Å². The van der Waals surface area contributed by atoms with E-state index in [4.69, 9.17) is 5.73 Å². The van der Waals surface area contributed by atoms with Crippen molar-refractivity contribution in [1.29, 1.82) is 0 Å². The number of aryl methyl sites for hydroxylation is 1. The number of primary amides is 1. The van der Waals surface area contributed by atoms with Crippen LogP contribution in [0.1, 0.15) is 17.2 Å². The molecule has 0 spiro atoms. The van der Waals surface area contributed by atoms with Gasteiger partial charge < -0.3 is 11.1 Å². The minimum Gasteiger partial charge on any atom is -0.368 e. The summed E-state index contributed by atoms with van der Waals surface area (Å²) < 4.78 is 0. The Kier molecular flexibility index (Phi) is 5.61. The van der Waals surface area contributed by atoms with Crippen molar-refractivity contribution in [2.24, 2.45) is 5.73 Å². The van der Waals surface area contributed by atoms with Crippen molar-refractivity contribution in [3.8, 4) is 0 Å². The summed E-state index contributed by atoms with van der Waals surface area (Å²) in [6.45, 7) is 2.00. The van der Waals surface area contributed by atoms with E-state index in [2.05, 4.69) is 5.32 Å². The van der Waals surface area contributed by atoms with Gasteiger partial charge in [0.05, 0.1) is 5.75 Å². The standard InChI is InChI=1S/C17H18N2O2S/c1-12-7-5-6-10-14(12)22-11-15(20)19-16(17(18)21)13-8-3-2-4-9-13/h2-10,16H,11H2,1H3,(H2,18,21)(H,19,20). The van der Waals surface area contributed by atoms with Crippen molar-refractivity contribution in [2.45, 2.75) is 17.9 Å². The van der Waals surface area contributed by atoms with E-state index in [1.54, 1.807) is 24.3 Å². The summed E-state index contributed by atoms with van der Waals surface area (Å²) in [4.78, 5) is 24.7. The lowest BCUT2D eigenvalue weighted by Gasteiger charge is -2.16. The lowest BCUT2D eigenvalue weighted by molar-refractivity contribution is -0.126. The Bertz CT molecular complexity index is 659. The molecule has 2 aromatic carbocycles. The highest BCUT2D eigenvalue weighted by atomic mass is 32.2. The molecule has 4 nitrogen and oxygen atoms in total. The molecule has 0 bridgehead atoms. The summed E-state index contributed by atoms with van der Waals surface area (Å²) in [7, 11) is 0. The Morgan fingerprint density at radius 1 is 1.09 bits per heavy atom. The van der Waals surface area contributed by atoms with Crippen LogP contribution in [-0.4, -0.2) is 17.6 Å². The number of rotatable bonds is 6. The minimum atomic E-state index is -0.800. The number of nitrogens with one attached hydrogen (secondary N) is 1. The number of carbonyl (C=O) groups is 2. The third-order valence-corrected chi connectivity index (χ3v) is 4.35. The Hall–Kier alpha value is -2.27. The van der Waals surface area contributed by atoms with E-state index in [1.165, 1.54) is 11.8 Å². The Morgan fingerprint density at radius 3 is 2.36 bits per heavy atom. The van der Waals surface area contributed by atoms with Crippen LogP contribution in [0.25, 0.3) is 0 Å². The van der Waals surface area contributed by atoms with Gasteiger partial charge in [0.1, 0.15) is 6.04 Å². The maximum Gasteiger partial charge on any atom is 0.244 e. The number of carbonyl (C=O) groups excluding carboxylic acids is 2. The zero-order valence-electron chi connectivity index (χ0n) is 12.3. The molecule has 0 fully saturated rings. The second kappa shape index (κ2) is 7.66. The van der Waals surface area contributed by atoms with Gasteiger partial charge in [-0.2, -0.15) is 0 Å². The fourth-order valence-corrected chi connectivity index (χ4v) is 2.87. The molecule has 0 heterocycles. The summed E-state index contributed by atoms with van der Waals surface area (Å²) in [6, 6.07) is 16.0. The second-order valence-electron chi connectivity index (χ2n) is 4.87. The molecule has 0 radical (unpaired) electrons. The Balaban J connectivity index is 1.98. The summed E-state index contributed by atoms with van der Waals surface area (Å²) in [5.41, 5.74) is 7.19. The van der Waals surface area contributed by atoms with Gasteiger partial charge in [0.15, 0.2) is 0 Å². The van der Waals surface area contributed by atoms with Crippen LogP contribution in [-0.2, 0) is 9.59 Å². The van der Waals surface area contributed by atoms with Gasteiger partial charge in [0.25, 0.3) is 0 Å². The number of benzene rings is 2. The molecule has 0 aliphatic carbocycles. The quantitative estimate of drug-likeness (QED) is 0.804. The van der Waals surface area contributed by atoms with Gasteiger partial charge in [0.2, 0.25) is 11.8 Å². The van der Waals surface area contributed by atoms with E-state index in [0.29, 0.717) is 5.56 Å². The van der Waals surface area contributed by atoms with Crippen LogP contribution in [0.4, 0.5) is 0 Å². The number of hydrogen-bond donors (Lipinski definition) is 2. The zero-order chi connectivity index (χ0) is 15.9. The normalized spacial score (nSPS) is 11.7. The zero-order valence-corrected chi connectivity index (χ0v) is 13.1. The molecule has 3 N–H and O–H groups in total. The van der Waals surface area contributed by atoms with E-state index < -0.39 is 11.9 Å². The average molecular weight is 314 g/mol. The molecule has 1 unspecified atom stereocenters. The first-order valence-corrected chi connectivity index (χ1v) is 7.88. The summed E-state index contributed by atoms with van der Waals surface area (Å²) in [5.74, 6) is -0.553. The fraction of sp³-hybridized carbons (Fsp3) is 0.176. The first-order chi connectivity index (χ1) is 10.6. The highest BCUT2D eigenvalue weighted by Crippen LogP contribution is 2.21. The van der Waals surface area contributed by atoms with Crippen LogP contribution < -0.4 is 11.1 Å². The number of hydrogen-bond acceptors (Lipinski definition) is 3. The summed E-state index contributed by atoms with van der Waals surface area (Å²) in [5, 5.41) is 2.69. The van der Waals surface area contributed by atoms with Crippen molar-refractivity contribution < 1.29 is 9.59 Å². The minimum absolute atomic E-state index is 0.221. The lowest BCUT2D eigenvalue weighted by Crippen LogP contribution is -2.38. The molecule has 5 heteroatoms. The maximum absolute atomic E-state index is 12.1. The Morgan fingerprint density at radius 2 is 1.73 bits per heavy atom. The van der Waals surface area contributed by atoms with Gasteiger partial charge in [0, 0.05) is 4.90 Å². The van der Waals surface area contributed by atoms with Crippen LogP contribution in [0.2, 0.25) is 0 Å². The molecule has 2 amide bonds. The molecule has 22 heavy (non-hydrogen) atoms. The predicted molar refractivity (Wildman–Crippen MR) is 88.4 cm³/mol. The van der Waals surface area contributed by atoms with Crippen LogP contribution >= 0.6 is 11.8 Å². The number of thioether (sulfide) groups is 1. The second-order valence-corrected chi connectivity index (χ2v) is 5.88. The predicted octanol–water partition coefficient (Wildman–Crippen LogP) is 2.43. The molecule has 0 aliphatic rings. The lowest BCUT2D eigenvalue weighted by atomic mass is 10.1. The van der Waals surface area contributed by atoms with Gasteiger partial charge in [-0.15, -0.1) is 11.8 Å². The van der Waals surface area contributed by atoms with Crippen molar-refractivity contribution in [2.75, 3.05) is 5.75 Å². The van der Waals surface area contributed by atoms with Gasteiger partial charge in [-0.1, -0.05) is 48.5 Å². The number of amides is 2. The summed E-state index contributed by atoms with van der Waals surface area (Å²) in [6.07, 6.45) is 0. The fourth-order valence-electron chi connectivity index (χ4n) is 2.03. The molecule has 0 aromatic heterocycles. The maximum atomic E-state index is 12.1. The topological polar surface area (TPSA) is 72.2 Å². The Labute approximate surface area is 134 Å². The van der Waals surface area contributed by atoms with Crippen LogP contribution in [0.15, 0.2) is 59.5 Å². The SMILES string of the molecule is Cc1ccccc1SCC(=O)NC(C(N)=O)c1ccccc1. The third kappa shape index (κ3) is 4.36. The molecular weight excluding hydrogens is 296 g/mol. The van der Waals surface area contributed by atoms with E-state index in [1.807, 2.05) is 37.3 Å². The van der Waals surface area contributed by atoms with Crippen molar-refractivity contribution >= 4 is 23.6 Å². The molecule has 114 valence electrons. The van der Waals surface area contributed by atoms with Crippen LogP contribution in [0, 0.1) is 6.92 Å². The highest BCUT2D eigenvalue weighted by Gasteiger charge is 2.19. The van der Waals surface area contributed by atoms with Crippen molar-refractivity contribution in [1.82, 2.24) is 5.32 Å². The van der Waals surface area contributed by atoms with E-state index >= 15 is 0 Å². The summed E-state index contributed by atoms with van der Waals surface area (Å²) >= 11 is 1.44. The van der Waals surface area contributed by atoms with E-state index in [-0.39, 0.29) is 11.7 Å². The first-order valence-electron chi connectivity index (χ1n) is 6.90. The van der Waals surface area contributed by atoms with Gasteiger partial charge in [-0.3, -0.25) is 9.59 Å².